The Kier molecular flexibility index (Phi) is 7.31. The average molecular weight is 545 g/mol. The van der Waals surface area contributed by atoms with Gasteiger partial charge >= 0.3 is 0 Å². The van der Waals surface area contributed by atoms with Crippen LogP contribution in [0.1, 0.15) is 11.1 Å². The van der Waals surface area contributed by atoms with Crippen molar-refractivity contribution < 1.29 is 36.2 Å². The fraction of sp³-hybridized carbons (Fsp3) is 0. The van der Waals surface area contributed by atoms with E-state index in [-0.39, 0.29) is 44.0 Å². The highest BCUT2D eigenvalue weighted by molar-refractivity contribution is 7.86. The molecule has 0 aromatic heterocycles. The van der Waals surface area contributed by atoms with Gasteiger partial charge in [0, 0.05) is 23.6 Å². The fourth-order valence-electron chi connectivity index (χ4n) is 2.60. The van der Waals surface area contributed by atoms with E-state index in [0.717, 1.165) is 48.8 Å². The first-order valence-electron chi connectivity index (χ1n) is 8.94. The van der Waals surface area contributed by atoms with Gasteiger partial charge in [-0.1, -0.05) is 23.2 Å². The molecule has 34 heavy (non-hydrogen) atoms. The van der Waals surface area contributed by atoms with Gasteiger partial charge in [-0.25, -0.2) is 0 Å². The zero-order chi connectivity index (χ0) is 25.3. The maximum absolute atomic E-state index is 11.3. The van der Waals surface area contributed by atoms with Gasteiger partial charge in [0.25, 0.3) is 20.2 Å². The standard InChI is InChI=1S/C20H14Cl2N2O8S2/c21-15-7-17(23-9-11-5-13(33(27,28)29)1-3-19(11)25)18(8-16(15)22)24-10-12-6-14(34(30,31)32)2-4-20(12)26/h1-10,25-26H,(H,27,28,29)(H,30,31,32). The Labute approximate surface area is 204 Å². The van der Waals surface area contributed by atoms with E-state index in [4.69, 9.17) is 23.2 Å². The molecule has 0 atom stereocenters. The Hall–Kier alpha value is -3.00. The highest BCUT2D eigenvalue weighted by Crippen LogP contribution is 2.37. The van der Waals surface area contributed by atoms with E-state index in [1.807, 2.05) is 0 Å². The van der Waals surface area contributed by atoms with Gasteiger partial charge in [-0.2, -0.15) is 16.8 Å². The summed E-state index contributed by atoms with van der Waals surface area (Å²) in [5, 5.41) is 20.2. The summed E-state index contributed by atoms with van der Waals surface area (Å²) in [4.78, 5) is 7.35. The summed E-state index contributed by atoms with van der Waals surface area (Å²) < 4.78 is 63.8. The first-order valence-corrected chi connectivity index (χ1v) is 12.6. The molecule has 3 aromatic rings. The van der Waals surface area contributed by atoms with Crippen LogP contribution in [0.5, 0.6) is 11.5 Å². The first-order chi connectivity index (χ1) is 15.8. The zero-order valence-corrected chi connectivity index (χ0v) is 19.8. The number of hydrogen-bond donors (Lipinski definition) is 4. The van der Waals surface area contributed by atoms with E-state index >= 15 is 0 Å². The van der Waals surface area contributed by atoms with Crippen LogP contribution in [-0.4, -0.2) is 48.6 Å². The molecule has 0 saturated heterocycles. The Balaban J connectivity index is 2.06. The molecule has 14 heteroatoms. The SMILES string of the molecule is O=S(=O)(O)c1ccc(O)c(C=Nc2cc(Cl)c(Cl)cc2N=Cc2cc(S(=O)(=O)O)ccc2O)c1. The Morgan fingerprint density at radius 2 is 1.00 bits per heavy atom. The molecular formula is C20H14Cl2N2O8S2. The fourth-order valence-corrected chi connectivity index (χ4v) is 3.95. The van der Waals surface area contributed by atoms with Crippen molar-refractivity contribution in [2.75, 3.05) is 0 Å². The largest absolute Gasteiger partial charge is 0.507 e. The number of aromatic hydroxyl groups is 2. The molecule has 0 bridgehead atoms. The van der Waals surface area contributed by atoms with Crippen LogP contribution in [0.3, 0.4) is 0 Å². The Morgan fingerprint density at radius 3 is 1.32 bits per heavy atom. The van der Waals surface area contributed by atoms with Crippen molar-refractivity contribution in [3.8, 4) is 11.5 Å². The van der Waals surface area contributed by atoms with Crippen LogP contribution < -0.4 is 0 Å². The number of phenols is 2. The molecule has 4 N–H and O–H groups in total. The third kappa shape index (κ3) is 6.11. The van der Waals surface area contributed by atoms with Gasteiger partial charge in [0.2, 0.25) is 0 Å². The van der Waals surface area contributed by atoms with Crippen LogP contribution in [-0.2, 0) is 20.2 Å². The van der Waals surface area contributed by atoms with Crippen molar-refractivity contribution in [1.82, 2.24) is 0 Å². The third-order valence-corrected chi connectivity index (χ3v) is 6.72. The molecule has 0 aliphatic carbocycles. The van der Waals surface area contributed by atoms with Crippen molar-refractivity contribution in [1.29, 1.82) is 0 Å². The van der Waals surface area contributed by atoms with Gasteiger partial charge < -0.3 is 10.2 Å². The Morgan fingerprint density at radius 1 is 0.647 bits per heavy atom. The number of rotatable bonds is 6. The van der Waals surface area contributed by atoms with E-state index in [0.29, 0.717) is 0 Å². The molecule has 3 aromatic carbocycles. The van der Waals surface area contributed by atoms with E-state index in [1.165, 1.54) is 12.1 Å². The second kappa shape index (κ2) is 9.70. The molecule has 0 saturated carbocycles. The molecule has 0 radical (unpaired) electrons. The highest BCUT2D eigenvalue weighted by Gasteiger charge is 2.14. The van der Waals surface area contributed by atoms with Crippen LogP contribution in [0.2, 0.25) is 10.0 Å². The van der Waals surface area contributed by atoms with Gasteiger partial charge in [0.1, 0.15) is 11.5 Å². The normalized spacial score (nSPS) is 12.6. The molecule has 0 fully saturated rings. The summed E-state index contributed by atoms with van der Waals surface area (Å²) in [6, 6.07) is 8.76. The minimum absolute atomic E-state index is 0.0466. The van der Waals surface area contributed by atoms with Gasteiger partial charge in [-0.3, -0.25) is 19.1 Å². The lowest BCUT2D eigenvalue weighted by molar-refractivity contribution is 0.470. The van der Waals surface area contributed by atoms with Crippen LogP contribution in [0, 0.1) is 0 Å². The van der Waals surface area contributed by atoms with E-state index in [9.17, 15) is 36.2 Å². The van der Waals surface area contributed by atoms with Crippen LogP contribution >= 0.6 is 23.2 Å². The molecule has 0 amide bonds. The summed E-state index contributed by atoms with van der Waals surface area (Å²) in [7, 11) is -9.04. The highest BCUT2D eigenvalue weighted by atomic mass is 35.5. The van der Waals surface area contributed by atoms with Gasteiger partial charge in [-0.15, -0.1) is 0 Å². The molecule has 0 heterocycles. The van der Waals surface area contributed by atoms with E-state index in [2.05, 4.69) is 9.98 Å². The summed E-state index contributed by atoms with van der Waals surface area (Å²) in [6.07, 6.45) is 2.19. The molecule has 0 aliphatic heterocycles. The maximum Gasteiger partial charge on any atom is 0.294 e. The first kappa shape index (κ1) is 25.6. The number of aliphatic imine (C=N–C) groups is 2. The van der Waals surface area contributed by atoms with Gasteiger partial charge in [-0.05, 0) is 48.5 Å². The second-order valence-corrected chi connectivity index (χ2v) is 10.3. The summed E-state index contributed by atoms with van der Waals surface area (Å²) >= 11 is 12.1. The second-order valence-electron chi connectivity index (χ2n) is 6.66. The summed E-state index contributed by atoms with van der Waals surface area (Å²) in [6.45, 7) is 0. The minimum Gasteiger partial charge on any atom is -0.507 e. The molecule has 0 spiro atoms. The molecule has 3 rings (SSSR count). The molecule has 10 nitrogen and oxygen atoms in total. The molecule has 0 unspecified atom stereocenters. The van der Waals surface area contributed by atoms with Crippen molar-refractivity contribution in [3.63, 3.8) is 0 Å². The predicted molar refractivity (Wildman–Crippen MR) is 127 cm³/mol. The van der Waals surface area contributed by atoms with E-state index < -0.39 is 30.0 Å². The molecule has 178 valence electrons. The number of nitrogens with zero attached hydrogens (tertiary/aromatic N) is 2. The topological polar surface area (TPSA) is 174 Å². The van der Waals surface area contributed by atoms with Crippen molar-refractivity contribution in [2.24, 2.45) is 9.98 Å². The smallest absolute Gasteiger partial charge is 0.294 e. The van der Waals surface area contributed by atoms with Crippen LogP contribution in [0.4, 0.5) is 11.4 Å². The van der Waals surface area contributed by atoms with Gasteiger partial charge in [0.05, 0.1) is 31.2 Å². The predicted octanol–water partition coefficient (Wildman–Crippen LogP) is 4.40. The van der Waals surface area contributed by atoms with Gasteiger partial charge in [0.15, 0.2) is 0 Å². The third-order valence-electron chi connectivity index (χ3n) is 4.30. The van der Waals surface area contributed by atoms with E-state index in [1.54, 1.807) is 0 Å². The zero-order valence-electron chi connectivity index (χ0n) is 16.7. The number of phenolic OH excluding ortho intramolecular Hbond substituents is 2. The molecular weight excluding hydrogens is 531 g/mol. The lowest BCUT2D eigenvalue weighted by Crippen LogP contribution is -1.99. The monoisotopic (exact) mass is 544 g/mol. The van der Waals surface area contributed by atoms with Crippen molar-refractivity contribution in [2.45, 2.75) is 9.79 Å². The average Bonchev–Trinajstić information content (AvgIpc) is 2.73. The number of hydrogen-bond acceptors (Lipinski definition) is 8. The summed E-state index contributed by atoms with van der Waals surface area (Å²) in [5.74, 6) is -0.651. The lowest BCUT2D eigenvalue weighted by Gasteiger charge is -2.06. The molecule has 0 aliphatic rings. The van der Waals surface area contributed by atoms with Crippen molar-refractivity contribution >= 4 is 67.2 Å². The Bertz CT molecular complexity index is 1440. The maximum atomic E-state index is 11.3. The lowest BCUT2D eigenvalue weighted by atomic mass is 10.2. The van der Waals surface area contributed by atoms with Crippen LogP contribution in [0.25, 0.3) is 0 Å². The minimum atomic E-state index is -4.52. The van der Waals surface area contributed by atoms with Crippen LogP contribution in [0.15, 0.2) is 68.3 Å². The number of halogens is 2. The number of benzene rings is 3. The van der Waals surface area contributed by atoms with Crippen molar-refractivity contribution in [3.05, 3.63) is 69.7 Å². The summed E-state index contributed by atoms with van der Waals surface area (Å²) in [5.41, 5.74) is 0.115. The quantitative estimate of drug-likeness (QED) is 0.260.